The Morgan fingerprint density at radius 2 is 1.67 bits per heavy atom. The number of rotatable bonds is 12. The van der Waals surface area contributed by atoms with E-state index < -0.39 is 5.97 Å². The van der Waals surface area contributed by atoms with Crippen molar-refractivity contribution in [1.29, 1.82) is 0 Å². The molecule has 0 aromatic carbocycles. The molecule has 1 aromatic rings. The van der Waals surface area contributed by atoms with E-state index in [2.05, 4.69) is 11.9 Å². The second kappa shape index (κ2) is 13.4. The maximum Gasteiger partial charge on any atom is 1.00 e. The Balaban J connectivity index is 0.00000400. The van der Waals surface area contributed by atoms with E-state index in [1.54, 1.807) is 17.0 Å². The van der Waals surface area contributed by atoms with Gasteiger partial charge in [-0.2, -0.15) is 0 Å². The molecule has 0 aliphatic carbocycles. The van der Waals surface area contributed by atoms with Gasteiger partial charge in [-0.3, -0.25) is 4.79 Å². The Bertz CT molecular complexity index is 380. The maximum absolute atomic E-state index is 10.7. The maximum atomic E-state index is 10.7. The summed E-state index contributed by atoms with van der Waals surface area (Å²) in [5.74, 6) is 0.0895. The van der Waals surface area contributed by atoms with Crippen molar-refractivity contribution >= 4 is 5.97 Å². The summed E-state index contributed by atoms with van der Waals surface area (Å²) in [6.07, 6.45) is 16.0. The zero-order chi connectivity index (χ0) is 14.6. The summed E-state index contributed by atoms with van der Waals surface area (Å²) in [7, 11) is 0. The van der Waals surface area contributed by atoms with E-state index in [4.69, 9.17) is 5.11 Å². The molecule has 0 saturated heterocycles. The predicted molar refractivity (Wildman–Crippen MR) is 80.8 cm³/mol. The van der Waals surface area contributed by atoms with Crippen molar-refractivity contribution in [3.8, 4) is 0 Å². The molecule has 5 heteroatoms. The van der Waals surface area contributed by atoms with Crippen LogP contribution in [0.1, 0.15) is 70.5 Å². The Morgan fingerprint density at radius 1 is 1.10 bits per heavy atom. The second-order valence-corrected chi connectivity index (χ2v) is 5.44. The molecule has 0 unspecified atom stereocenters. The van der Waals surface area contributed by atoms with E-state index in [9.17, 15) is 4.79 Å². The summed E-state index contributed by atoms with van der Waals surface area (Å²) in [6, 6.07) is 0. The fraction of sp³-hybridized carbons (Fsp3) is 0.750. The molecule has 0 fully saturated rings. The first-order chi connectivity index (χ1) is 9.74. The molecule has 1 N–H and O–H groups in total. The number of unbranched alkanes of at least 4 members (excludes halogenated alkanes) is 8. The number of aryl methyl sites for hydroxylation is 1. The third-order valence-corrected chi connectivity index (χ3v) is 3.61. The predicted octanol–water partition coefficient (Wildman–Crippen LogP) is 1.05. The molecular formula is C16H28N2NaO2+. The minimum absolute atomic E-state index is 0. The topological polar surface area (TPSA) is 55.1 Å². The van der Waals surface area contributed by atoms with E-state index in [0.717, 1.165) is 18.7 Å². The Labute approximate surface area is 150 Å². The summed E-state index contributed by atoms with van der Waals surface area (Å²) in [5, 5.41) is 8.79. The average molecular weight is 303 g/mol. The van der Waals surface area contributed by atoms with Crippen molar-refractivity contribution in [3.63, 3.8) is 0 Å². The van der Waals surface area contributed by atoms with E-state index in [-0.39, 0.29) is 36.1 Å². The molecule has 0 amide bonds. The van der Waals surface area contributed by atoms with Gasteiger partial charge in [-0.05, 0) is 6.42 Å². The summed E-state index contributed by atoms with van der Waals surface area (Å²) < 4.78 is 1.73. The Hall–Kier alpha value is -0.320. The third kappa shape index (κ3) is 10.1. The Morgan fingerprint density at radius 3 is 2.24 bits per heavy atom. The van der Waals surface area contributed by atoms with Crippen LogP contribution in [0.5, 0.6) is 0 Å². The number of carboxylic acid groups (broad SMARTS) is 1. The first-order valence-electron chi connectivity index (χ1n) is 7.96. The van der Waals surface area contributed by atoms with Crippen molar-refractivity contribution in [1.82, 2.24) is 9.55 Å². The summed E-state index contributed by atoms with van der Waals surface area (Å²) in [4.78, 5) is 14.9. The van der Waals surface area contributed by atoms with Crippen molar-refractivity contribution in [2.75, 3.05) is 0 Å². The van der Waals surface area contributed by atoms with Crippen molar-refractivity contribution < 1.29 is 39.5 Å². The van der Waals surface area contributed by atoms with E-state index in [1.807, 2.05) is 0 Å². The molecule has 0 spiro atoms. The first-order valence-corrected chi connectivity index (χ1v) is 7.96. The zero-order valence-corrected chi connectivity index (χ0v) is 15.7. The molecule has 0 atom stereocenters. The quantitative estimate of drug-likeness (QED) is 0.464. The SMILES string of the molecule is CCCCCCCCCCCc1nccn1CC(=O)O.[Na+]. The molecule has 0 aliphatic heterocycles. The van der Waals surface area contributed by atoms with Crippen LogP contribution in [0.15, 0.2) is 12.4 Å². The smallest absolute Gasteiger partial charge is 0.480 e. The van der Waals surface area contributed by atoms with Gasteiger partial charge in [-0.25, -0.2) is 4.98 Å². The van der Waals surface area contributed by atoms with E-state index >= 15 is 0 Å². The summed E-state index contributed by atoms with van der Waals surface area (Å²) in [5.41, 5.74) is 0. The van der Waals surface area contributed by atoms with Crippen molar-refractivity contribution in [3.05, 3.63) is 18.2 Å². The minimum atomic E-state index is -0.809. The van der Waals surface area contributed by atoms with E-state index in [1.165, 1.54) is 51.4 Å². The monoisotopic (exact) mass is 303 g/mol. The van der Waals surface area contributed by atoms with Crippen LogP contribution in [0.25, 0.3) is 0 Å². The fourth-order valence-corrected chi connectivity index (χ4v) is 2.45. The molecule has 21 heavy (non-hydrogen) atoms. The minimum Gasteiger partial charge on any atom is -0.480 e. The van der Waals surface area contributed by atoms with Gasteiger partial charge in [-0.1, -0.05) is 58.3 Å². The number of nitrogens with zero attached hydrogens (tertiary/aromatic N) is 2. The van der Waals surface area contributed by atoms with Gasteiger partial charge in [0.25, 0.3) is 0 Å². The van der Waals surface area contributed by atoms with Gasteiger partial charge in [0.1, 0.15) is 12.4 Å². The van der Waals surface area contributed by atoms with Gasteiger partial charge < -0.3 is 9.67 Å². The van der Waals surface area contributed by atoms with Gasteiger partial charge >= 0.3 is 35.5 Å². The summed E-state index contributed by atoms with van der Waals surface area (Å²) in [6.45, 7) is 2.26. The molecule has 0 aliphatic rings. The zero-order valence-electron chi connectivity index (χ0n) is 13.7. The standard InChI is InChI=1S/C16H28N2O2.Na/c1-2-3-4-5-6-7-8-9-10-11-15-17-12-13-18(15)14-16(19)20;/h12-13H,2-11,14H2,1H3,(H,19,20);/q;+1. The second-order valence-electron chi connectivity index (χ2n) is 5.44. The Kier molecular flexibility index (Phi) is 13.1. The van der Waals surface area contributed by atoms with Crippen LogP contribution in [0, 0.1) is 0 Å². The van der Waals surface area contributed by atoms with Gasteiger partial charge in [0, 0.05) is 18.8 Å². The molecule has 0 radical (unpaired) electrons. The molecule has 0 bridgehead atoms. The van der Waals surface area contributed by atoms with Crippen LogP contribution in [0.4, 0.5) is 0 Å². The number of carbonyl (C=O) groups is 1. The number of imidazole rings is 1. The van der Waals surface area contributed by atoms with Crippen molar-refractivity contribution in [2.45, 2.75) is 77.7 Å². The first kappa shape index (κ1) is 20.7. The largest absolute Gasteiger partial charge is 1.00 e. The van der Waals surface area contributed by atoms with E-state index in [0.29, 0.717) is 0 Å². The van der Waals surface area contributed by atoms with Crippen LogP contribution in [0.3, 0.4) is 0 Å². The van der Waals surface area contributed by atoms with Gasteiger partial charge in [0.2, 0.25) is 0 Å². The van der Waals surface area contributed by atoms with Crippen LogP contribution < -0.4 is 29.6 Å². The van der Waals surface area contributed by atoms with Crippen LogP contribution in [-0.2, 0) is 17.8 Å². The van der Waals surface area contributed by atoms with Gasteiger partial charge in [0.05, 0.1) is 0 Å². The van der Waals surface area contributed by atoms with Gasteiger partial charge in [-0.15, -0.1) is 0 Å². The molecular weight excluding hydrogens is 275 g/mol. The van der Waals surface area contributed by atoms with Crippen molar-refractivity contribution in [2.24, 2.45) is 0 Å². The molecule has 1 aromatic heterocycles. The molecule has 114 valence electrons. The average Bonchev–Trinajstić information content (AvgIpc) is 2.83. The van der Waals surface area contributed by atoms with Crippen LogP contribution in [-0.4, -0.2) is 20.6 Å². The normalized spacial score (nSPS) is 10.3. The molecule has 0 saturated carbocycles. The fourth-order valence-electron chi connectivity index (χ4n) is 2.45. The van der Waals surface area contributed by atoms with Crippen LogP contribution in [0.2, 0.25) is 0 Å². The number of aromatic nitrogens is 2. The number of hydrogen-bond acceptors (Lipinski definition) is 2. The third-order valence-electron chi connectivity index (χ3n) is 3.61. The summed E-state index contributed by atoms with van der Waals surface area (Å²) >= 11 is 0. The molecule has 4 nitrogen and oxygen atoms in total. The number of carboxylic acids is 1. The van der Waals surface area contributed by atoms with Crippen LogP contribution >= 0.6 is 0 Å². The number of aliphatic carboxylic acids is 1. The van der Waals surface area contributed by atoms with Gasteiger partial charge in [0.15, 0.2) is 0 Å². The molecule has 1 rings (SSSR count). The number of hydrogen-bond donors (Lipinski definition) is 1. The molecule has 1 heterocycles.